The molecule has 0 aromatic carbocycles. The quantitative estimate of drug-likeness (QED) is 0.686. The minimum absolute atomic E-state index is 0.275. The van der Waals surface area contributed by atoms with Crippen LogP contribution < -0.4 is 0 Å². The maximum atomic E-state index is 5.77. The van der Waals surface area contributed by atoms with E-state index in [4.69, 9.17) is 27.6 Å². The third-order valence-corrected chi connectivity index (χ3v) is 2.16. The monoisotopic (exact) mass is 214 g/mol. The highest BCUT2D eigenvalue weighted by molar-refractivity contribution is 6.41. The molecule has 0 spiro atoms. The lowest BCUT2D eigenvalue weighted by atomic mass is 10.3. The second kappa shape index (κ2) is 3.36. The first-order valence-corrected chi connectivity index (χ1v) is 4.24. The van der Waals surface area contributed by atoms with Gasteiger partial charge >= 0.3 is 0 Å². The van der Waals surface area contributed by atoms with E-state index >= 15 is 0 Å². The molecule has 0 fully saturated rings. The normalized spacial score (nSPS) is 10.3. The first-order valence-electron chi connectivity index (χ1n) is 3.48. The van der Waals surface area contributed by atoms with Crippen molar-refractivity contribution in [1.29, 1.82) is 0 Å². The van der Waals surface area contributed by atoms with Crippen LogP contribution >= 0.6 is 23.2 Å². The molecular weight excluding hydrogens is 211 g/mol. The predicted octanol–water partition coefficient (Wildman–Crippen LogP) is 3.04. The first kappa shape index (κ1) is 8.53. The lowest BCUT2D eigenvalue weighted by molar-refractivity contribution is 0.574. The van der Waals surface area contributed by atoms with Gasteiger partial charge in [0.1, 0.15) is 11.4 Å². The number of hydrogen-bond donors (Lipinski definition) is 0. The minimum atomic E-state index is 0.275. The van der Waals surface area contributed by atoms with Crippen molar-refractivity contribution in [1.82, 2.24) is 9.97 Å². The third kappa shape index (κ3) is 1.66. The topological polar surface area (TPSA) is 38.9 Å². The van der Waals surface area contributed by atoms with Gasteiger partial charge in [0.25, 0.3) is 0 Å². The van der Waals surface area contributed by atoms with E-state index in [0.29, 0.717) is 16.5 Å². The number of pyridine rings is 1. The summed E-state index contributed by atoms with van der Waals surface area (Å²) in [5.41, 5.74) is 0.708. The third-order valence-electron chi connectivity index (χ3n) is 1.48. The maximum absolute atomic E-state index is 5.77. The molecule has 2 aromatic heterocycles. The molecule has 2 rings (SSSR count). The van der Waals surface area contributed by atoms with E-state index in [1.807, 2.05) is 0 Å². The van der Waals surface area contributed by atoms with E-state index < -0.39 is 0 Å². The molecule has 0 amide bonds. The second-order valence-corrected chi connectivity index (χ2v) is 3.10. The van der Waals surface area contributed by atoms with Gasteiger partial charge in [-0.25, -0.2) is 9.97 Å². The smallest absolute Gasteiger partial charge is 0.227 e. The summed E-state index contributed by atoms with van der Waals surface area (Å²) in [5, 5.41) is 0.661. The highest BCUT2D eigenvalue weighted by atomic mass is 35.5. The van der Waals surface area contributed by atoms with E-state index in [2.05, 4.69) is 9.97 Å². The fourth-order valence-corrected chi connectivity index (χ4v) is 1.17. The highest BCUT2D eigenvalue weighted by Crippen LogP contribution is 2.24. The molecule has 0 aliphatic heterocycles. The van der Waals surface area contributed by atoms with Crippen LogP contribution in [-0.2, 0) is 0 Å². The van der Waals surface area contributed by atoms with Gasteiger partial charge in [-0.15, -0.1) is 0 Å². The molecule has 0 aliphatic rings. The number of nitrogens with zero attached hydrogens (tertiary/aromatic N) is 2. The van der Waals surface area contributed by atoms with Crippen LogP contribution in [0.25, 0.3) is 11.5 Å². The summed E-state index contributed by atoms with van der Waals surface area (Å²) in [4.78, 5) is 7.82. The summed E-state index contributed by atoms with van der Waals surface area (Å²) in [6.07, 6.45) is 4.59. The Labute approximate surface area is 84.3 Å². The Hall–Kier alpha value is -1.06. The van der Waals surface area contributed by atoms with Crippen molar-refractivity contribution in [3.8, 4) is 11.5 Å². The van der Waals surface area contributed by atoms with Crippen LogP contribution in [0, 0.1) is 0 Å². The van der Waals surface area contributed by atoms with E-state index in [1.165, 1.54) is 6.26 Å². The van der Waals surface area contributed by atoms with Crippen molar-refractivity contribution in [2.45, 2.75) is 0 Å². The van der Waals surface area contributed by atoms with Crippen LogP contribution in [0.5, 0.6) is 0 Å². The van der Waals surface area contributed by atoms with Gasteiger partial charge in [0.05, 0.1) is 16.8 Å². The number of halogens is 2. The predicted molar refractivity (Wildman–Crippen MR) is 49.8 cm³/mol. The van der Waals surface area contributed by atoms with Crippen molar-refractivity contribution in [3.63, 3.8) is 0 Å². The van der Waals surface area contributed by atoms with Crippen LogP contribution in [-0.4, -0.2) is 9.97 Å². The summed E-state index contributed by atoms with van der Waals surface area (Å²) in [6, 6.07) is 1.66. The molecule has 0 radical (unpaired) electrons. The summed E-state index contributed by atoms with van der Waals surface area (Å²) in [5.74, 6) is 0.478. The van der Waals surface area contributed by atoms with Gasteiger partial charge in [0.2, 0.25) is 5.89 Å². The minimum Gasteiger partial charge on any atom is -0.444 e. The van der Waals surface area contributed by atoms with Crippen molar-refractivity contribution in [3.05, 3.63) is 34.9 Å². The molecule has 0 unspecified atom stereocenters. The van der Waals surface area contributed by atoms with E-state index in [0.717, 1.165) is 0 Å². The van der Waals surface area contributed by atoms with Crippen LogP contribution in [0.15, 0.2) is 29.1 Å². The van der Waals surface area contributed by atoms with Crippen LogP contribution in [0.4, 0.5) is 0 Å². The molecule has 66 valence electrons. The summed E-state index contributed by atoms with van der Waals surface area (Å²) < 4.78 is 5.06. The van der Waals surface area contributed by atoms with Crippen LogP contribution in [0.2, 0.25) is 10.2 Å². The molecule has 0 bridgehead atoms. The molecule has 0 atom stereocenters. The van der Waals surface area contributed by atoms with E-state index in [9.17, 15) is 0 Å². The molecule has 0 saturated carbocycles. The van der Waals surface area contributed by atoms with Gasteiger partial charge in [-0.05, 0) is 6.07 Å². The lowest BCUT2D eigenvalue weighted by Gasteiger charge is -1.96. The fourth-order valence-electron chi connectivity index (χ4n) is 0.904. The Balaban J connectivity index is 2.49. The summed E-state index contributed by atoms with van der Waals surface area (Å²) >= 11 is 11.4. The Morgan fingerprint density at radius 3 is 2.69 bits per heavy atom. The van der Waals surface area contributed by atoms with Crippen molar-refractivity contribution < 1.29 is 4.42 Å². The number of aromatic nitrogens is 2. The molecule has 2 aromatic rings. The van der Waals surface area contributed by atoms with Gasteiger partial charge in [-0.2, -0.15) is 0 Å². The SMILES string of the molecule is Clc1cc(-c2ncco2)cnc1Cl. The largest absolute Gasteiger partial charge is 0.444 e. The maximum Gasteiger partial charge on any atom is 0.227 e. The molecule has 13 heavy (non-hydrogen) atoms. The van der Waals surface area contributed by atoms with Gasteiger partial charge in [-0.3, -0.25) is 0 Å². The Morgan fingerprint density at radius 2 is 2.08 bits per heavy atom. The second-order valence-electron chi connectivity index (χ2n) is 2.33. The average molecular weight is 215 g/mol. The van der Waals surface area contributed by atoms with Crippen LogP contribution in [0.3, 0.4) is 0 Å². The van der Waals surface area contributed by atoms with Crippen molar-refractivity contribution in [2.75, 3.05) is 0 Å². The van der Waals surface area contributed by atoms with E-state index in [-0.39, 0.29) is 5.15 Å². The molecule has 0 aliphatic carbocycles. The van der Waals surface area contributed by atoms with Gasteiger partial charge in [0, 0.05) is 6.20 Å². The molecule has 3 nitrogen and oxygen atoms in total. The zero-order valence-corrected chi connectivity index (χ0v) is 7.88. The van der Waals surface area contributed by atoms with Gasteiger partial charge in [0.15, 0.2) is 0 Å². The molecule has 2 heterocycles. The molecule has 0 N–H and O–H groups in total. The zero-order valence-electron chi connectivity index (χ0n) is 6.37. The average Bonchev–Trinajstić information content (AvgIpc) is 2.62. The Bertz CT molecular complexity index is 414. The number of hydrogen-bond acceptors (Lipinski definition) is 3. The van der Waals surface area contributed by atoms with E-state index in [1.54, 1.807) is 18.5 Å². The summed E-state index contributed by atoms with van der Waals surface area (Å²) in [7, 11) is 0. The molecular formula is C8H4Cl2N2O. The highest BCUT2D eigenvalue weighted by Gasteiger charge is 2.05. The van der Waals surface area contributed by atoms with Crippen LogP contribution in [0.1, 0.15) is 0 Å². The fraction of sp³-hybridized carbons (Fsp3) is 0. The zero-order chi connectivity index (χ0) is 9.26. The molecule has 0 saturated heterocycles. The lowest BCUT2D eigenvalue weighted by Crippen LogP contribution is -1.81. The Kier molecular flexibility index (Phi) is 2.20. The van der Waals surface area contributed by atoms with Crippen molar-refractivity contribution >= 4 is 23.2 Å². The Morgan fingerprint density at radius 1 is 1.23 bits per heavy atom. The number of oxazole rings is 1. The van der Waals surface area contributed by atoms with Crippen molar-refractivity contribution in [2.24, 2.45) is 0 Å². The van der Waals surface area contributed by atoms with Gasteiger partial charge in [-0.1, -0.05) is 23.2 Å². The first-order chi connectivity index (χ1) is 6.27. The summed E-state index contributed by atoms with van der Waals surface area (Å²) in [6.45, 7) is 0. The standard InChI is InChI=1S/C8H4Cl2N2O/c9-6-3-5(4-12-7(6)10)8-11-1-2-13-8/h1-4H. The molecule has 5 heteroatoms. The van der Waals surface area contributed by atoms with Gasteiger partial charge < -0.3 is 4.42 Å². The number of rotatable bonds is 1.